The van der Waals surface area contributed by atoms with E-state index in [2.05, 4.69) is 26.5 Å². The van der Waals surface area contributed by atoms with Gasteiger partial charge in [-0.2, -0.15) is 5.10 Å². The molecule has 0 bridgehead atoms. The summed E-state index contributed by atoms with van der Waals surface area (Å²) in [5.41, 5.74) is 4.46. The molecule has 1 aliphatic rings. The number of carbonyl (C=O) groups is 2. The van der Waals surface area contributed by atoms with Crippen LogP contribution in [0.2, 0.25) is 0 Å². The first kappa shape index (κ1) is 17.4. The van der Waals surface area contributed by atoms with Gasteiger partial charge in [0.2, 0.25) is 0 Å². The molecule has 0 aliphatic carbocycles. The summed E-state index contributed by atoms with van der Waals surface area (Å²) in [6.07, 6.45) is 0. The largest absolute Gasteiger partial charge is 0.461 e. The lowest BCUT2D eigenvalue weighted by molar-refractivity contribution is -0.135. The molecular weight excluding hydrogens is 384 g/mol. The number of ether oxygens (including phenoxy) is 1. The van der Waals surface area contributed by atoms with Crippen LogP contribution >= 0.6 is 15.9 Å². The number of esters is 1. The summed E-state index contributed by atoms with van der Waals surface area (Å²) in [6, 6.07) is 15.9. The number of rotatable bonds is 5. The van der Waals surface area contributed by atoms with Gasteiger partial charge in [-0.05, 0) is 24.6 Å². The van der Waals surface area contributed by atoms with Crippen molar-refractivity contribution in [3.63, 3.8) is 0 Å². The van der Waals surface area contributed by atoms with E-state index < -0.39 is 17.9 Å². The first-order valence-corrected chi connectivity index (χ1v) is 8.76. The van der Waals surface area contributed by atoms with Gasteiger partial charge in [0.05, 0.1) is 12.5 Å². The Hall–Kier alpha value is -2.47. The number of nitrogens with one attached hydrogen (secondary N) is 1. The average Bonchev–Trinajstić information content (AvgIpc) is 3.08. The van der Waals surface area contributed by atoms with Crippen LogP contribution in [0.4, 0.5) is 0 Å². The fraction of sp³-hybridized carbons (Fsp3) is 0.211. The van der Waals surface area contributed by atoms with E-state index in [1.165, 1.54) is 0 Å². The van der Waals surface area contributed by atoms with Crippen molar-refractivity contribution < 1.29 is 14.3 Å². The Morgan fingerprint density at radius 2 is 1.80 bits per heavy atom. The molecule has 2 atom stereocenters. The fourth-order valence-corrected chi connectivity index (χ4v) is 3.10. The maximum atomic E-state index is 13.0. The molecule has 128 valence electrons. The Bertz CT molecular complexity index is 803. The van der Waals surface area contributed by atoms with Crippen molar-refractivity contribution in [1.82, 2.24) is 5.43 Å². The van der Waals surface area contributed by atoms with E-state index in [-0.39, 0.29) is 18.1 Å². The molecule has 0 radical (unpaired) electrons. The lowest BCUT2D eigenvalue weighted by atomic mass is 9.84. The quantitative estimate of drug-likeness (QED) is 0.617. The molecule has 6 heteroatoms. The molecule has 0 spiro atoms. The summed E-state index contributed by atoms with van der Waals surface area (Å²) in [5.74, 6) is -1.12. The monoisotopic (exact) mass is 400 g/mol. The van der Waals surface area contributed by atoms with Gasteiger partial charge in [0.15, 0.2) is 11.5 Å². The fourth-order valence-electron chi connectivity index (χ4n) is 2.83. The first-order valence-electron chi connectivity index (χ1n) is 7.96. The third-order valence-electron chi connectivity index (χ3n) is 4.01. The molecule has 0 saturated carbocycles. The topological polar surface area (TPSA) is 67.8 Å². The van der Waals surface area contributed by atoms with Crippen LogP contribution in [-0.4, -0.2) is 30.1 Å². The summed E-state index contributed by atoms with van der Waals surface area (Å²) < 4.78 is 5.99. The predicted octanol–water partition coefficient (Wildman–Crippen LogP) is 3.31. The van der Waals surface area contributed by atoms with E-state index in [0.29, 0.717) is 5.56 Å². The Labute approximate surface area is 154 Å². The molecule has 5 nitrogen and oxygen atoms in total. The van der Waals surface area contributed by atoms with E-state index in [0.717, 1.165) is 10.0 Å². The van der Waals surface area contributed by atoms with Gasteiger partial charge < -0.3 is 4.74 Å². The summed E-state index contributed by atoms with van der Waals surface area (Å²) >= 11 is 3.36. The van der Waals surface area contributed by atoms with E-state index in [4.69, 9.17) is 4.74 Å². The lowest BCUT2D eigenvalue weighted by Gasteiger charge is -2.19. The zero-order chi connectivity index (χ0) is 17.8. The second-order valence-corrected chi connectivity index (χ2v) is 6.50. The molecule has 1 heterocycles. The Morgan fingerprint density at radius 3 is 2.44 bits per heavy atom. The normalized spacial score (nSPS) is 19.0. The van der Waals surface area contributed by atoms with Crippen LogP contribution in [0.15, 0.2) is 64.2 Å². The van der Waals surface area contributed by atoms with Gasteiger partial charge in [-0.3, -0.25) is 10.2 Å². The average molecular weight is 401 g/mol. The van der Waals surface area contributed by atoms with E-state index >= 15 is 0 Å². The molecule has 0 saturated heterocycles. The number of hydrogen-bond acceptors (Lipinski definition) is 5. The Morgan fingerprint density at radius 1 is 1.12 bits per heavy atom. The van der Waals surface area contributed by atoms with E-state index in [1.54, 1.807) is 19.1 Å². The molecule has 0 fully saturated rings. The van der Waals surface area contributed by atoms with Crippen molar-refractivity contribution in [2.75, 3.05) is 6.61 Å². The molecule has 1 aliphatic heterocycles. The molecule has 0 aromatic heterocycles. The van der Waals surface area contributed by atoms with Crippen LogP contribution in [0.3, 0.4) is 0 Å². The number of halogens is 1. The van der Waals surface area contributed by atoms with Gasteiger partial charge in [-0.1, -0.05) is 58.4 Å². The van der Waals surface area contributed by atoms with Gasteiger partial charge in [0, 0.05) is 10.0 Å². The Kier molecular flexibility index (Phi) is 5.28. The van der Waals surface area contributed by atoms with Crippen molar-refractivity contribution in [3.8, 4) is 0 Å². The molecule has 1 N–H and O–H groups in total. The van der Waals surface area contributed by atoms with Crippen LogP contribution in [0.5, 0.6) is 0 Å². The maximum absolute atomic E-state index is 13.0. The van der Waals surface area contributed by atoms with E-state index in [9.17, 15) is 9.59 Å². The van der Waals surface area contributed by atoms with Gasteiger partial charge in [-0.15, -0.1) is 0 Å². The number of hydrogen-bond donors (Lipinski definition) is 1. The van der Waals surface area contributed by atoms with Crippen LogP contribution in [0.25, 0.3) is 0 Å². The second-order valence-electron chi connectivity index (χ2n) is 5.58. The number of ketones is 1. The van der Waals surface area contributed by atoms with Gasteiger partial charge >= 0.3 is 5.97 Å². The van der Waals surface area contributed by atoms with Gasteiger partial charge in [-0.25, -0.2) is 4.79 Å². The van der Waals surface area contributed by atoms with Crippen LogP contribution in [0.1, 0.15) is 28.8 Å². The van der Waals surface area contributed by atoms with Crippen molar-refractivity contribution in [2.24, 2.45) is 5.10 Å². The highest BCUT2D eigenvalue weighted by Gasteiger charge is 2.41. The first-order chi connectivity index (χ1) is 12.1. The smallest absolute Gasteiger partial charge is 0.355 e. The zero-order valence-corrected chi connectivity index (χ0v) is 15.2. The van der Waals surface area contributed by atoms with Crippen molar-refractivity contribution in [2.45, 2.75) is 18.9 Å². The summed E-state index contributed by atoms with van der Waals surface area (Å²) in [5, 5.41) is 4.12. The highest BCUT2D eigenvalue weighted by atomic mass is 79.9. The van der Waals surface area contributed by atoms with Crippen LogP contribution < -0.4 is 5.43 Å². The van der Waals surface area contributed by atoms with Crippen LogP contribution in [0, 0.1) is 0 Å². The summed E-state index contributed by atoms with van der Waals surface area (Å²) in [4.78, 5) is 25.2. The number of benzene rings is 2. The molecule has 2 aromatic carbocycles. The molecule has 0 amide bonds. The maximum Gasteiger partial charge on any atom is 0.355 e. The standard InChI is InChI=1S/C19H17BrN2O3/c1-2-25-19(24)17-15(12-6-4-3-5-7-12)16(21-22-17)18(23)13-8-10-14(20)11-9-13/h3-11,15-16,21H,2H2,1H3/t15-,16-/m0/s1. The van der Waals surface area contributed by atoms with Gasteiger partial charge in [0.25, 0.3) is 0 Å². The van der Waals surface area contributed by atoms with Crippen LogP contribution in [-0.2, 0) is 9.53 Å². The highest BCUT2D eigenvalue weighted by Crippen LogP contribution is 2.29. The predicted molar refractivity (Wildman–Crippen MR) is 98.6 cm³/mol. The minimum Gasteiger partial charge on any atom is -0.461 e. The summed E-state index contributed by atoms with van der Waals surface area (Å²) in [7, 11) is 0. The van der Waals surface area contributed by atoms with Crippen molar-refractivity contribution in [1.29, 1.82) is 0 Å². The number of hydrazone groups is 1. The molecule has 0 unspecified atom stereocenters. The minimum absolute atomic E-state index is 0.121. The number of carbonyl (C=O) groups excluding carboxylic acids is 2. The molecule has 25 heavy (non-hydrogen) atoms. The number of Topliss-reactive ketones (excluding diaryl/α,β-unsaturated/α-hetero) is 1. The highest BCUT2D eigenvalue weighted by molar-refractivity contribution is 9.10. The Balaban J connectivity index is 1.94. The lowest BCUT2D eigenvalue weighted by Crippen LogP contribution is -2.37. The number of nitrogens with zero attached hydrogens (tertiary/aromatic N) is 1. The molecule has 2 aromatic rings. The third kappa shape index (κ3) is 3.64. The molecule has 3 rings (SSSR count). The SMILES string of the molecule is CCOC(=O)C1=NN[C@H](C(=O)c2ccc(Br)cc2)[C@@H]1c1ccccc1. The van der Waals surface area contributed by atoms with Gasteiger partial charge in [0.1, 0.15) is 6.04 Å². The second kappa shape index (κ2) is 7.61. The minimum atomic E-state index is -0.650. The molecular formula is C19H17BrN2O3. The van der Waals surface area contributed by atoms with Crippen molar-refractivity contribution >= 4 is 33.4 Å². The van der Waals surface area contributed by atoms with Crippen molar-refractivity contribution in [3.05, 3.63) is 70.2 Å². The third-order valence-corrected chi connectivity index (χ3v) is 4.54. The summed E-state index contributed by atoms with van der Waals surface area (Å²) in [6.45, 7) is 1.99. The van der Waals surface area contributed by atoms with E-state index in [1.807, 2.05) is 42.5 Å². The zero-order valence-electron chi connectivity index (χ0n) is 13.6.